The van der Waals surface area contributed by atoms with Crippen LogP contribution < -0.4 is 9.62 Å². The van der Waals surface area contributed by atoms with Crippen LogP contribution in [0.2, 0.25) is 0 Å². The van der Waals surface area contributed by atoms with E-state index in [4.69, 9.17) is 0 Å². The third-order valence-corrected chi connectivity index (χ3v) is 6.26. The number of nitrogens with zero attached hydrogens (tertiary/aromatic N) is 1. The van der Waals surface area contributed by atoms with E-state index in [0.29, 0.717) is 11.8 Å². The average Bonchev–Trinajstić information content (AvgIpc) is 2.63. The van der Waals surface area contributed by atoms with Crippen molar-refractivity contribution in [1.82, 2.24) is 0 Å². The van der Waals surface area contributed by atoms with Gasteiger partial charge in [0, 0.05) is 18.8 Å². The van der Waals surface area contributed by atoms with Gasteiger partial charge in [-0.3, -0.25) is 4.72 Å². The molecule has 0 saturated carbocycles. The highest BCUT2D eigenvalue weighted by Gasteiger charge is 2.22. The molecule has 0 bridgehead atoms. The number of carboxylic acid groups (broad SMARTS) is 1. The Morgan fingerprint density at radius 3 is 2.28 bits per heavy atom. The summed E-state index contributed by atoms with van der Waals surface area (Å²) >= 11 is 0. The zero-order valence-corrected chi connectivity index (χ0v) is 16.5. The van der Waals surface area contributed by atoms with Crippen LogP contribution in [0.4, 0.5) is 20.2 Å². The quantitative estimate of drug-likeness (QED) is 0.750. The molecule has 0 unspecified atom stereocenters. The van der Waals surface area contributed by atoms with Crippen LogP contribution in [0.1, 0.15) is 42.5 Å². The van der Waals surface area contributed by atoms with Crippen LogP contribution in [0.25, 0.3) is 0 Å². The highest BCUT2D eigenvalue weighted by molar-refractivity contribution is 7.92. The van der Waals surface area contributed by atoms with Crippen LogP contribution >= 0.6 is 0 Å². The second-order valence-electron chi connectivity index (χ2n) is 6.97. The third kappa shape index (κ3) is 5.03. The lowest BCUT2D eigenvalue weighted by Crippen LogP contribution is -2.28. The van der Waals surface area contributed by atoms with Gasteiger partial charge in [-0.05, 0) is 49.2 Å². The van der Waals surface area contributed by atoms with Crippen LogP contribution in [-0.2, 0) is 10.0 Å². The number of benzene rings is 2. The first-order valence-corrected chi connectivity index (χ1v) is 10.9. The minimum Gasteiger partial charge on any atom is -0.478 e. The lowest BCUT2D eigenvalue weighted by atomic mass is 10.1. The molecule has 3 rings (SSSR count). The number of halogens is 2. The van der Waals surface area contributed by atoms with Gasteiger partial charge in [-0.25, -0.2) is 22.0 Å². The van der Waals surface area contributed by atoms with Crippen molar-refractivity contribution in [1.29, 1.82) is 0 Å². The van der Waals surface area contributed by atoms with Crippen LogP contribution in [-0.4, -0.2) is 32.6 Å². The van der Waals surface area contributed by atoms with Gasteiger partial charge in [-0.2, -0.15) is 0 Å². The van der Waals surface area contributed by atoms with Crippen LogP contribution in [0.15, 0.2) is 41.3 Å². The van der Waals surface area contributed by atoms with Crippen molar-refractivity contribution in [2.75, 3.05) is 22.7 Å². The van der Waals surface area contributed by atoms with Gasteiger partial charge >= 0.3 is 5.97 Å². The Morgan fingerprint density at radius 1 is 0.966 bits per heavy atom. The lowest BCUT2D eigenvalue weighted by Gasteiger charge is -2.28. The number of carbonyl (C=O) groups is 1. The molecule has 1 heterocycles. The number of carboxylic acids is 1. The number of hydrogen-bond donors (Lipinski definition) is 2. The first-order chi connectivity index (χ1) is 13.8. The van der Waals surface area contributed by atoms with E-state index in [2.05, 4.69) is 4.72 Å². The van der Waals surface area contributed by atoms with Crippen molar-refractivity contribution >= 4 is 27.4 Å². The molecule has 0 spiro atoms. The molecule has 1 saturated heterocycles. The minimum atomic E-state index is -4.43. The Hall–Kier alpha value is -2.68. The third-order valence-electron chi connectivity index (χ3n) is 4.86. The number of rotatable bonds is 5. The van der Waals surface area contributed by atoms with Crippen molar-refractivity contribution in [3.63, 3.8) is 0 Å². The van der Waals surface area contributed by atoms with Crippen LogP contribution in [0, 0.1) is 11.6 Å². The van der Waals surface area contributed by atoms with Gasteiger partial charge in [-0.1, -0.05) is 19.3 Å². The molecular weight excluding hydrogens is 402 g/mol. The molecule has 2 N–H and O–H groups in total. The summed E-state index contributed by atoms with van der Waals surface area (Å²) in [7, 11) is -4.43. The Kier molecular flexibility index (Phi) is 6.36. The minimum absolute atomic E-state index is 0.0399. The van der Waals surface area contributed by atoms with E-state index in [1.165, 1.54) is 12.1 Å². The zero-order valence-electron chi connectivity index (χ0n) is 15.7. The summed E-state index contributed by atoms with van der Waals surface area (Å²) in [5.41, 5.74) is 0.423. The van der Waals surface area contributed by atoms with Crippen LogP contribution in [0.5, 0.6) is 0 Å². The summed E-state index contributed by atoms with van der Waals surface area (Å²) in [4.78, 5) is 12.9. The van der Waals surface area contributed by atoms with Crippen molar-refractivity contribution in [3.8, 4) is 0 Å². The van der Waals surface area contributed by atoms with Gasteiger partial charge in [0.05, 0.1) is 11.3 Å². The van der Waals surface area contributed by atoms with Crippen molar-refractivity contribution in [2.24, 2.45) is 0 Å². The van der Waals surface area contributed by atoms with Gasteiger partial charge in [0.25, 0.3) is 10.0 Å². The van der Waals surface area contributed by atoms with Gasteiger partial charge < -0.3 is 10.0 Å². The number of anilines is 2. The molecule has 0 amide bonds. The maximum Gasteiger partial charge on any atom is 0.337 e. The summed E-state index contributed by atoms with van der Waals surface area (Å²) in [5.74, 6) is -3.19. The summed E-state index contributed by atoms with van der Waals surface area (Å²) in [6.07, 6.45) is 5.22. The van der Waals surface area contributed by atoms with E-state index < -0.39 is 32.5 Å². The molecule has 1 aliphatic heterocycles. The van der Waals surface area contributed by atoms with E-state index in [9.17, 15) is 27.1 Å². The molecule has 0 aliphatic carbocycles. The molecule has 9 heteroatoms. The molecule has 29 heavy (non-hydrogen) atoms. The second kappa shape index (κ2) is 8.77. The number of sulfonamides is 1. The monoisotopic (exact) mass is 424 g/mol. The Morgan fingerprint density at radius 2 is 1.62 bits per heavy atom. The summed E-state index contributed by atoms with van der Waals surface area (Å²) in [6.45, 7) is 1.44. The second-order valence-corrected chi connectivity index (χ2v) is 8.62. The first kappa shape index (κ1) is 21.0. The molecule has 2 aromatic rings. The Labute approximate surface area is 168 Å². The molecule has 0 aromatic heterocycles. The van der Waals surface area contributed by atoms with Gasteiger partial charge in [0.15, 0.2) is 0 Å². The standard InChI is InChI=1S/C20H22F2N2O4S/c21-14-6-8-17(22)19(12-14)29(27,28)23-15-7-9-18(16(13-15)20(25)26)24-10-4-2-1-3-5-11-24/h6-9,12-13,23H,1-5,10-11H2,(H,25,26). The van der Waals surface area contributed by atoms with Gasteiger partial charge in [-0.15, -0.1) is 0 Å². The van der Waals surface area contributed by atoms with E-state index in [1.54, 1.807) is 6.07 Å². The van der Waals surface area contributed by atoms with E-state index in [1.807, 2.05) is 4.90 Å². The highest BCUT2D eigenvalue weighted by Crippen LogP contribution is 2.28. The predicted molar refractivity (Wildman–Crippen MR) is 106 cm³/mol. The topological polar surface area (TPSA) is 86.7 Å². The molecular formula is C20H22F2N2O4S. The number of hydrogen-bond acceptors (Lipinski definition) is 4. The summed E-state index contributed by atoms with van der Waals surface area (Å²) < 4.78 is 54.3. The van der Waals surface area contributed by atoms with E-state index >= 15 is 0 Å². The Bertz CT molecular complexity index is 1000. The SMILES string of the molecule is O=C(O)c1cc(NS(=O)(=O)c2cc(F)ccc2F)ccc1N1CCCCCCC1. The molecule has 1 aliphatic rings. The summed E-state index contributed by atoms with van der Waals surface area (Å²) in [6, 6.07) is 6.28. The maximum absolute atomic E-state index is 13.9. The maximum atomic E-state index is 13.9. The number of aromatic carboxylic acids is 1. The van der Waals surface area contributed by atoms with E-state index in [-0.39, 0.29) is 11.3 Å². The molecule has 2 aromatic carbocycles. The molecule has 156 valence electrons. The fraction of sp³-hybridized carbons (Fsp3) is 0.350. The predicted octanol–water partition coefficient (Wildman–Crippen LogP) is 4.23. The highest BCUT2D eigenvalue weighted by atomic mass is 32.2. The number of nitrogens with one attached hydrogen (secondary N) is 1. The van der Waals surface area contributed by atoms with Crippen LogP contribution in [0.3, 0.4) is 0 Å². The van der Waals surface area contributed by atoms with E-state index in [0.717, 1.165) is 57.3 Å². The van der Waals surface area contributed by atoms with Crippen molar-refractivity contribution < 1.29 is 27.1 Å². The molecule has 0 atom stereocenters. The lowest BCUT2D eigenvalue weighted by molar-refractivity contribution is 0.0697. The largest absolute Gasteiger partial charge is 0.478 e. The molecule has 0 radical (unpaired) electrons. The average molecular weight is 424 g/mol. The normalized spacial score (nSPS) is 15.4. The summed E-state index contributed by atoms with van der Waals surface area (Å²) in [5, 5.41) is 9.63. The first-order valence-electron chi connectivity index (χ1n) is 9.38. The van der Waals surface area contributed by atoms with Crippen molar-refractivity contribution in [2.45, 2.75) is 37.0 Å². The van der Waals surface area contributed by atoms with Gasteiger partial charge in [0.1, 0.15) is 16.5 Å². The molecule has 1 fully saturated rings. The fourth-order valence-electron chi connectivity index (χ4n) is 3.43. The fourth-order valence-corrected chi connectivity index (χ4v) is 4.57. The smallest absolute Gasteiger partial charge is 0.337 e. The Balaban J connectivity index is 1.92. The van der Waals surface area contributed by atoms with Gasteiger partial charge in [0.2, 0.25) is 0 Å². The molecule has 6 nitrogen and oxygen atoms in total. The van der Waals surface area contributed by atoms with Crippen molar-refractivity contribution in [3.05, 3.63) is 53.6 Å². The zero-order chi connectivity index (χ0) is 21.0.